The third-order valence-corrected chi connectivity index (χ3v) is 4.80. The van der Waals surface area contributed by atoms with E-state index in [-0.39, 0.29) is 17.7 Å². The van der Waals surface area contributed by atoms with Crippen LogP contribution in [0.5, 0.6) is 0 Å². The zero-order chi connectivity index (χ0) is 13.2. The molecule has 3 aliphatic carbocycles. The van der Waals surface area contributed by atoms with Gasteiger partial charge in [0.15, 0.2) is 5.78 Å². The summed E-state index contributed by atoms with van der Waals surface area (Å²) in [5, 5.41) is 2.91. The Kier molecular flexibility index (Phi) is 2.05. The zero-order valence-corrected chi connectivity index (χ0v) is 10.9. The number of Topliss-reactive ketones (excluding diaryl/α,β-unsaturated/α-hetero) is 1. The second kappa shape index (κ2) is 3.48. The molecule has 0 saturated heterocycles. The number of amides is 1. The molecule has 1 aliphatic heterocycles. The van der Waals surface area contributed by atoms with Gasteiger partial charge in [0.2, 0.25) is 0 Å². The van der Waals surface area contributed by atoms with Gasteiger partial charge in [-0.05, 0) is 26.2 Å². The average molecular weight is 259 g/mol. The molecule has 4 rings (SSSR count). The van der Waals surface area contributed by atoms with Crippen molar-refractivity contribution in [3.05, 3.63) is 22.9 Å². The minimum absolute atomic E-state index is 0.140. The molecule has 0 radical (unpaired) electrons. The summed E-state index contributed by atoms with van der Waals surface area (Å²) in [6, 6.07) is 0.253. The summed E-state index contributed by atoms with van der Waals surface area (Å²) in [5.41, 5.74) is 8.54. The molecule has 0 aromatic rings. The van der Waals surface area contributed by atoms with Crippen molar-refractivity contribution >= 4 is 11.7 Å². The molecule has 5 heteroatoms. The minimum atomic E-state index is -0.681. The maximum absolute atomic E-state index is 12.4. The van der Waals surface area contributed by atoms with Crippen LogP contribution in [0.3, 0.4) is 0 Å². The lowest BCUT2D eigenvalue weighted by atomic mass is 9.98. The van der Waals surface area contributed by atoms with Gasteiger partial charge in [0, 0.05) is 17.9 Å². The normalized spacial score (nSPS) is 38.8. The summed E-state index contributed by atoms with van der Waals surface area (Å²) in [6.45, 7) is 1.83. The molecule has 3 N–H and O–H groups in total. The number of hydrazine groups is 1. The molecule has 2 fully saturated rings. The van der Waals surface area contributed by atoms with Gasteiger partial charge in [-0.15, -0.1) is 0 Å². The highest BCUT2D eigenvalue weighted by Gasteiger charge is 2.49. The van der Waals surface area contributed by atoms with Crippen molar-refractivity contribution in [1.29, 1.82) is 0 Å². The van der Waals surface area contributed by atoms with Crippen LogP contribution < -0.4 is 16.2 Å². The highest BCUT2D eigenvalue weighted by atomic mass is 16.2. The molecule has 19 heavy (non-hydrogen) atoms. The summed E-state index contributed by atoms with van der Waals surface area (Å²) in [5.74, 6) is 0.555. The number of rotatable bonds is 2. The quantitative estimate of drug-likeness (QED) is 0.667. The molecule has 1 amide bonds. The van der Waals surface area contributed by atoms with Crippen molar-refractivity contribution < 1.29 is 9.59 Å². The Hall–Kier alpha value is -1.62. The second-order valence-corrected chi connectivity index (χ2v) is 6.17. The minimum Gasteiger partial charge on any atom is -0.338 e. The van der Waals surface area contributed by atoms with Crippen LogP contribution in [0.1, 0.15) is 32.6 Å². The summed E-state index contributed by atoms with van der Waals surface area (Å²) in [6.07, 6.45) is 5.44. The number of ketones is 1. The maximum atomic E-state index is 12.4. The maximum Gasteiger partial charge on any atom is 0.269 e. The van der Waals surface area contributed by atoms with Gasteiger partial charge in [0.05, 0.1) is 11.6 Å². The number of nitrogens with one attached hydrogen (secondary N) is 3. The van der Waals surface area contributed by atoms with Crippen LogP contribution in [0.4, 0.5) is 0 Å². The molecule has 3 unspecified atom stereocenters. The Labute approximate surface area is 111 Å². The zero-order valence-electron chi connectivity index (χ0n) is 10.9. The Morgan fingerprint density at radius 3 is 3.11 bits per heavy atom. The Morgan fingerprint density at radius 2 is 2.37 bits per heavy atom. The number of carbonyl (C=O) groups is 2. The monoisotopic (exact) mass is 259 g/mol. The van der Waals surface area contributed by atoms with Gasteiger partial charge in [0.25, 0.3) is 5.91 Å². The van der Waals surface area contributed by atoms with E-state index in [0.29, 0.717) is 18.0 Å². The molecule has 2 saturated carbocycles. The van der Waals surface area contributed by atoms with Crippen molar-refractivity contribution in [2.45, 2.75) is 44.2 Å². The first-order chi connectivity index (χ1) is 9.08. The van der Waals surface area contributed by atoms with Crippen molar-refractivity contribution in [3.8, 4) is 0 Å². The van der Waals surface area contributed by atoms with Crippen molar-refractivity contribution in [2.75, 3.05) is 0 Å². The van der Waals surface area contributed by atoms with Crippen LogP contribution in [0.2, 0.25) is 0 Å². The van der Waals surface area contributed by atoms with Crippen LogP contribution in [0, 0.1) is 5.92 Å². The van der Waals surface area contributed by atoms with E-state index in [1.54, 1.807) is 0 Å². The lowest BCUT2D eigenvalue weighted by Gasteiger charge is -2.24. The molecule has 0 aromatic carbocycles. The number of fused-ring (bicyclic) bond motifs is 3. The van der Waals surface area contributed by atoms with E-state index in [1.807, 2.05) is 6.92 Å². The van der Waals surface area contributed by atoms with E-state index in [4.69, 9.17) is 0 Å². The predicted octanol–water partition coefficient (Wildman–Crippen LogP) is 0.305. The van der Waals surface area contributed by atoms with E-state index < -0.39 is 5.54 Å². The van der Waals surface area contributed by atoms with Gasteiger partial charge in [-0.25, -0.2) is 5.43 Å². The summed E-state index contributed by atoms with van der Waals surface area (Å²) >= 11 is 0. The Balaban J connectivity index is 1.57. The van der Waals surface area contributed by atoms with Crippen molar-refractivity contribution in [1.82, 2.24) is 16.2 Å². The van der Waals surface area contributed by atoms with Crippen LogP contribution in [0.15, 0.2) is 22.9 Å². The average Bonchev–Trinajstić information content (AvgIpc) is 2.69. The molecule has 3 atom stereocenters. The van der Waals surface area contributed by atoms with Crippen LogP contribution in [-0.4, -0.2) is 23.3 Å². The second-order valence-electron chi connectivity index (χ2n) is 6.17. The number of hydrogen-bond donors (Lipinski definition) is 3. The van der Waals surface area contributed by atoms with E-state index in [0.717, 1.165) is 24.8 Å². The van der Waals surface area contributed by atoms with Crippen LogP contribution in [0.25, 0.3) is 0 Å². The Morgan fingerprint density at radius 1 is 1.53 bits per heavy atom. The standard InChI is InChI=1S/C14H17N3O2/c1-14(4-2-3-10(14)18)15-13(19)12-9-6-7-5-8(7)11(9)16-17-12/h6,8,11,16-17H,2-5H2,1H3,(H,15,19). The fourth-order valence-electron chi connectivity index (χ4n) is 3.48. The van der Waals surface area contributed by atoms with Gasteiger partial charge in [-0.3, -0.25) is 9.59 Å². The van der Waals surface area contributed by atoms with E-state index >= 15 is 0 Å². The number of carbonyl (C=O) groups excluding carboxylic acids is 2. The largest absolute Gasteiger partial charge is 0.338 e. The molecular weight excluding hydrogens is 242 g/mol. The van der Waals surface area contributed by atoms with Gasteiger partial charge < -0.3 is 10.7 Å². The van der Waals surface area contributed by atoms with Crippen molar-refractivity contribution in [2.24, 2.45) is 5.92 Å². The van der Waals surface area contributed by atoms with Crippen LogP contribution >= 0.6 is 0 Å². The topological polar surface area (TPSA) is 70.2 Å². The molecule has 100 valence electrons. The van der Waals surface area contributed by atoms with Gasteiger partial charge in [-0.1, -0.05) is 11.6 Å². The fourth-order valence-corrected chi connectivity index (χ4v) is 3.48. The van der Waals surface area contributed by atoms with Crippen LogP contribution in [-0.2, 0) is 9.59 Å². The van der Waals surface area contributed by atoms with Gasteiger partial charge >= 0.3 is 0 Å². The summed E-state index contributed by atoms with van der Waals surface area (Å²) in [4.78, 5) is 24.2. The van der Waals surface area contributed by atoms with Crippen molar-refractivity contribution in [3.63, 3.8) is 0 Å². The van der Waals surface area contributed by atoms with E-state index in [9.17, 15) is 9.59 Å². The SMILES string of the molecule is CC1(NC(=O)C2=C3C=C4CC4C3NN2)CCCC1=O. The van der Waals surface area contributed by atoms with Gasteiger partial charge in [-0.2, -0.15) is 0 Å². The smallest absolute Gasteiger partial charge is 0.269 e. The van der Waals surface area contributed by atoms with E-state index in [1.165, 1.54) is 5.57 Å². The first-order valence-electron chi connectivity index (χ1n) is 6.90. The fraction of sp³-hybridized carbons (Fsp3) is 0.571. The highest BCUT2D eigenvalue weighted by Crippen LogP contribution is 2.50. The molecule has 0 aromatic heterocycles. The highest BCUT2D eigenvalue weighted by molar-refractivity contribution is 6.01. The first-order valence-corrected chi connectivity index (χ1v) is 6.90. The molecule has 0 spiro atoms. The lowest BCUT2D eigenvalue weighted by Crippen LogP contribution is -2.51. The third-order valence-electron chi connectivity index (χ3n) is 4.80. The number of hydrogen-bond acceptors (Lipinski definition) is 4. The first kappa shape index (κ1) is 11.2. The summed E-state index contributed by atoms with van der Waals surface area (Å²) in [7, 11) is 0. The molecule has 4 aliphatic rings. The third kappa shape index (κ3) is 1.51. The molecular formula is C14H17N3O2. The Bertz CT molecular complexity index is 563. The molecule has 1 heterocycles. The molecule has 0 bridgehead atoms. The summed E-state index contributed by atoms with van der Waals surface area (Å²) < 4.78 is 0. The predicted molar refractivity (Wildman–Crippen MR) is 68.7 cm³/mol. The molecule has 5 nitrogen and oxygen atoms in total. The lowest BCUT2D eigenvalue weighted by molar-refractivity contribution is -0.128. The van der Waals surface area contributed by atoms with Gasteiger partial charge in [0.1, 0.15) is 5.70 Å². The van der Waals surface area contributed by atoms with E-state index in [2.05, 4.69) is 22.2 Å².